The van der Waals surface area contributed by atoms with E-state index in [9.17, 15) is 4.79 Å². The van der Waals surface area contributed by atoms with Crippen LogP contribution in [0.2, 0.25) is 0 Å². The molecule has 6 nitrogen and oxygen atoms in total. The second-order valence-corrected chi connectivity index (χ2v) is 4.16. The average molecular weight is 288 g/mol. The molecule has 0 spiro atoms. The maximum atomic E-state index is 11.6. The Balaban J connectivity index is 1.81. The number of rotatable bonds is 6. The molecule has 0 fully saturated rings. The van der Waals surface area contributed by atoms with Gasteiger partial charge < -0.3 is 19.9 Å². The maximum absolute atomic E-state index is 11.6. The van der Waals surface area contributed by atoms with Crippen LogP contribution in [0.15, 0.2) is 42.5 Å². The predicted molar refractivity (Wildman–Crippen MR) is 76.9 cm³/mol. The van der Waals surface area contributed by atoms with E-state index in [0.29, 0.717) is 23.0 Å². The minimum absolute atomic E-state index is 0.0592. The molecule has 0 aliphatic carbocycles. The summed E-state index contributed by atoms with van der Waals surface area (Å²) in [5.41, 5.74) is 6.77. The number of hydrogen-bond donors (Lipinski definition) is 1. The first-order chi connectivity index (χ1) is 10.2. The van der Waals surface area contributed by atoms with Crippen molar-refractivity contribution < 1.29 is 19.0 Å². The Morgan fingerprint density at radius 3 is 2.76 bits per heavy atom. The molecule has 21 heavy (non-hydrogen) atoms. The van der Waals surface area contributed by atoms with Gasteiger partial charge in [0.2, 0.25) is 5.88 Å². The standard InChI is InChI=1S/C15H16N2O4/c1-19-14-8-4-5-11(17-14)9-21-15(18)10-20-13-7-3-2-6-12(13)16/h2-8H,9-10,16H2,1H3. The smallest absolute Gasteiger partial charge is 0.344 e. The van der Waals surface area contributed by atoms with Crippen molar-refractivity contribution in [1.82, 2.24) is 4.98 Å². The lowest BCUT2D eigenvalue weighted by molar-refractivity contribution is -0.147. The third-order valence-corrected chi connectivity index (χ3v) is 2.64. The van der Waals surface area contributed by atoms with Crippen molar-refractivity contribution >= 4 is 11.7 Å². The normalized spacial score (nSPS) is 9.95. The highest BCUT2D eigenvalue weighted by atomic mass is 16.6. The first-order valence-corrected chi connectivity index (χ1v) is 6.32. The molecule has 0 aliphatic rings. The number of nitrogen functional groups attached to an aromatic ring is 1. The Morgan fingerprint density at radius 2 is 2.00 bits per heavy atom. The van der Waals surface area contributed by atoms with Crippen LogP contribution in [0.25, 0.3) is 0 Å². The lowest BCUT2D eigenvalue weighted by Gasteiger charge is -2.08. The second kappa shape index (κ2) is 7.14. The quantitative estimate of drug-likeness (QED) is 0.644. The number of benzene rings is 1. The molecule has 0 radical (unpaired) electrons. The van der Waals surface area contributed by atoms with Gasteiger partial charge in [0.05, 0.1) is 18.5 Å². The van der Waals surface area contributed by atoms with Crippen LogP contribution in [0.1, 0.15) is 5.69 Å². The number of carbonyl (C=O) groups excluding carboxylic acids is 1. The average Bonchev–Trinajstić information content (AvgIpc) is 2.52. The molecule has 0 aliphatic heterocycles. The van der Waals surface area contributed by atoms with E-state index in [0.717, 1.165) is 0 Å². The summed E-state index contributed by atoms with van der Waals surface area (Å²) in [6.45, 7) is -0.151. The molecule has 0 atom stereocenters. The number of anilines is 1. The largest absolute Gasteiger partial charge is 0.481 e. The zero-order valence-electron chi connectivity index (χ0n) is 11.6. The molecule has 0 unspecified atom stereocenters. The Labute approximate surface area is 122 Å². The van der Waals surface area contributed by atoms with Gasteiger partial charge in [-0.1, -0.05) is 18.2 Å². The summed E-state index contributed by atoms with van der Waals surface area (Å²) in [5, 5.41) is 0. The fraction of sp³-hybridized carbons (Fsp3) is 0.200. The summed E-state index contributed by atoms with van der Waals surface area (Å²) < 4.78 is 15.3. The molecule has 0 amide bonds. The molecule has 2 N–H and O–H groups in total. The van der Waals surface area contributed by atoms with E-state index < -0.39 is 5.97 Å². The van der Waals surface area contributed by atoms with Gasteiger partial charge in [-0.15, -0.1) is 0 Å². The van der Waals surface area contributed by atoms with E-state index >= 15 is 0 Å². The molecule has 1 heterocycles. The minimum atomic E-state index is -0.497. The monoisotopic (exact) mass is 288 g/mol. The Hall–Kier alpha value is -2.76. The molecule has 0 saturated heterocycles. The third-order valence-electron chi connectivity index (χ3n) is 2.64. The maximum Gasteiger partial charge on any atom is 0.344 e. The van der Waals surface area contributed by atoms with Gasteiger partial charge in [0.1, 0.15) is 12.4 Å². The van der Waals surface area contributed by atoms with Gasteiger partial charge in [-0.2, -0.15) is 0 Å². The highest BCUT2D eigenvalue weighted by Crippen LogP contribution is 2.19. The van der Waals surface area contributed by atoms with Crippen molar-refractivity contribution in [3.05, 3.63) is 48.2 Å². The highest BCUT2D eigenvalue weighted by molar-refractivity contribution is 5.71. The molecular weight excluding hydrogens is 272 g/mol. The van der Waals surface area contributed by atoms with Gasteiger partial charge in [0.15, 0.2) is 6.61 Å². The summed E-state index contributed by atoms with van der Waals surface area (Å²) in [4.78, 5) is 15.7. The lowest BCUT2D eigenvalue weighted by atomic mass is 10.3. The van der Waals surface area contributed by atoms with Gasteiger partial charge in [-0.05, 0) is 18.2 Å². The molecular formula is C15H16N2O4. The van der Waals surface area contributed by atoms with Crippen LogP contribution >= 0.6 is 0 Å². The van der Waals surface area contributed by atoms with Crippen molar-refractivity contribution in [2.45, 2.75) is 6.61 Å². The zero-order chi connectivity index (χ0) is 15.1. The second-order valence-electron chi connectivity index (χ2n) is 4.16. The summed E-state index contributed by atoms with van der Waals surface area (Å²) in [7, 11) is 1.52. The number of esters is 1. The number of aromatic nitrogens is 1. The SMILES string of the molecule is COc1cccc(COC(=O)COc2ccccc2N)n1. The van der Waals surface area contributed by atoms with Crippen molar-refractivity contribution in [1.29, 1.82) is 0 Å². The van der Waals surface area contributed by atoms with E-state index in [1.807, 2.05) is 0 Å². The van der Waals surface area contributed by atoms with Gasteiger partial charge in [-0.3, -0.25) is 0 Å². The number of methoxy groups -OCH3 is 1. The summed E-state index contributed by atoms with van der Waals surface area (Å²) in [6.07, 6.45) is 0. The van der Waals surface area contributed by atoms with E-state index in [1.54, 1.807) is 42.5 Å². The van der Waals surface area contributed by atoms with Gasteiger partial charge in [0, 0.05) is 6.07 Å². The molecule has 1 aromatic carbocycles. The summed E-state index contributed by atoms with van der Waals surface area (Å²) in [6, 6.07) is 12.2. The summed E-state index contributed by atoms with van der Waals surface area (Å²) >= 11 is 0. The van der Waals surface area contributed by atoms with Crippen molar-refractivity contribution in [2.24, 2.45) is 0 Å². The van der Waals surface area contributed by atoms with Crippen LogP contribution in [-0.4, -0.2) is 24.7 Å². The molecule has 2 aromatic rings. The fourth-order valence-corrected chi connectivity index (χ4v) is 1.60. The Morgan fingerprint density at radius 1 is 1.19 bits per heavy atom. The van der Waals surface area contributed by atoms with Crippen LogP contribution in [0, 0.1) is 0 Å². The van der Waals surface area contributed by atoms with Crippen LogP contribution in [-0.2, 0) is 16.1 Å². The van der Waals surface area contributed by atoms with Gasteiger partial charge in [-0.25, -0.2) is 9.78 Å². The molecule has 0 saturated carbocycles. The number of hydrogen-bond acceptors (Lipinski definition) is 6. The van der Waals surface area contributed by atoms with E-state index in [1.165, 1.54) is 7.11 Å². The predicted octanol–water partition coefficient (Wildman–Crippen LogP) is 1.79. The van der Waals surface area contributed by atoms with Crippen LogP contribution in [0.5, 0.6) is 11.6 Å². The van der Waals surface area contributed by atoms with E-state index in [-0.39, 0.29) is 13.2 Å². The first-order valence-electron chi connectivity index (χ1n) is 6.32. The molecule has 6 heteroatoms. The molecule has 1 aromatic heterocycles. The van der Waals surface area contributed by atoms with Crippen molar-refractivity contribution in [3.8, 4) is 11.6 Å². The number of ether oxygens (including phenoxy) is 3. The lowest BCUT2D eigenvalue weighted by Crippen LogP contribution is -2.15. The minimum Gasteiger partial charge on any atom is -0.481 e. The number of pyridine rings is 1. The fourth-order valence-electron chi connectivity index (χ4n) is 1.60. The van der Waals surface area contributed by atoms with Gasteiger partial charge in [0.25, 0.3) is 0 Å². The van der Waals surface area contributed by atoms with Gasteiger partial charge >= 0.3 is 5.97 Å². The highest BCUT2D eigenvalue weighted by Gasteiger charge is 2.07. The first kappa shape index (κ1) is 14.6. The third kappa shape index (κ3) is 4.38. The van der Waals surface area contributed by atoms with Crippen LogP contribution in [0.4, 0.5) is 5.69 Å². The molecule has 0 bridgehead atoms. The van der Waals surface area contributed by atoms with Crippen molar-refractivity contribution in [2.75, 3.05) is 19.5 Å². The number of para-hydroxylation sites is 2. The Kier molecular flexibility index (Phi) is 4.98. The van der Waals surface area contributed by atoms with E-state index in [2.05, 4.69) is 4.98 Å². The topological polar surface area (TPSA) is 83.7 Å². The molecule has 110 valence electrons. The van der Waals surface area contributed by atoms with Crippen molar-refractivity contribution in [3.63, 3.8) is 0 Å². The Bertz CT molecular complexity index is 616. The number of nitrogens with zero attached hydrogens (tertiary/aromatic N) is 1. The summed E-state index contributed by atoms with van der Waals surface area (Å²) in [5.74, 6) is 0.425. The molecule has 2 rings (SSSR count). The zero-order valence-corrected chi connectivity index (χ0v) is 11.6. The number of nitrogens with two attached hydrogens (primary N) is 1. The van der Waals surface area contributed by atoms with Crippen LogP contribution in [0.3, 0.4) is 0 Å². The number of carbonyl (C=O) groups is 1. The van der Waals surface area contributed by atoms with E-state index in [4.69, 9.17) is 19.9 Å². The van der Waals surface area contributed by atoms with Crippen LogP contribution < -0.4 is 15.2 Å².